The molecule has 1 atom stereocenters. The van der Waals surface area contributed by atoms with Crippen LogP contribution in [-0.2, 0) is 4.65 Å². The van der Waals surface area contributed by atoms with Crippen molar-refractivity contribution in [2.24, 2.45) is 0 Å². The van der Waals surface area contributed by atoms with Gasteiger partial charge in [0.15, 0.2) is 0 Å². The first kappa shape index (κ1) is 12.6. The molecule has 0 fully saturated rings. The third-order valence-electron chi connectivity index (χ3n) is 3.25. The van der Waals surface area contributed by atoms with E-state index in [1.165, 1.54) is 0 Å². The minimum atomic E-state index is -0.795. The van der Waals surface area contributed by atoms with Crippen molar-refractivity contribution < 1.29 is 9.68 Å². The summed E-state index contributed by atoms with van der Waals surface area (Å²) < 4.78 is 5.70. The van der Waals surface area contributed by atoms with Gasteiger partial charge in [-0.25, -0.2) is 0 Å². The van der Waals surface area contributed by atoms with Crippen LogP contribution < -0.4 is 5.46 Å². The first-order valence-corrected chi connectivity index (χ1v) is 6.22. The molecule has 1 aromatic rings. The Morgan fingerprint density at radius 3 is 2.35 bits per heavy atom. The Kier molecular flexibility index (Phi) is 3.57. The van der Waals surface area contributed by atoms with E-state index in [1.807, 2.05) is 24.3 Å². The summed E-state index contributed by atoms with van der Waals surface area (Å²) in [7, 11) is -0.795. The SMILES string of the molecule is CC(C)N(C(C)C)C1OB(O)c2ccccc21. The minimum Gasteiger partial charge on any atom is -0.423 e. The standard InChI is InChI=1S/C13H20BNO2/c1-9(2)15(10(3)4)13-11-7-5-6-8-12(11)14(16)17-13/h5-10,13,16H,1-4H3. The second-order valence-corrected chi connectivity index (χ2v) is 5.10. The van der Waals surface area contributed by atoms with Gasteiger partial charge in [-0.1, -0.05) is 24.3 Å². The van der Waals surface area contributed by atoms with Crippen molar-refractivity contribution in [2.75, 3.05) is 0 Å². The van der Waals surface area contributed by atoms with Gasteiger partial charge in [0, 0.05) is 12.1 Å². The third kappa shape index (κ3) is 2.25. The van der Waals surface area contributed by atoms with Crippen molar-refractivity contribution in [3.05, 3.63) is 29.8 Å². The first-order valence-electron chi connectivity index (χ1n) is 6.22. The summed E-state index contributed by atoms with van der Waals surface area (Å²) in [6.07, 6.45) is -0.138. The largest absolute Gasteiger partial charge is 0.492 e. The molecule has 0 saturated carbocycles. The fraction of sp³-hybridized carbons (Fsp3) is 0.538. The van der Waals surface area contributed by atoms with Crippen molar-refractivity contribution in [1.29, 1.82) is 0 Å². The maximum absolute atomic E-state index is 9.92. The summed E-state index contributed by atoms with van der Waals surface area (Å²) in [5.74, 6) is 0. The molecule has 0 aromatic heterocycles. The summed E-state index contributed by atoms with van der Waals surface area (Å²) >= 11 is 0. The third-order valence-corrected chi connectivity index (χ3v) is 3.25. The lowest BCUT2D eigenvalue weighted by Crippen LogP contribution is -2.40. The number of hydrogen-bond donors (Lipinski definition) is 1. The van der Waals surface area contributed by atoms with Crippen LogP contribution in [0.3, 0.4) is 0 Å². The zero-order chi connectivity index (χ0) is 12.6. The average molecular weight is 233 g/mol. The van der Waals surface area contributed by atoms with Gasteiger partial charge in [0.25, 0.3) is 0 Å². The molecule has 1 aliphatic rings. The molecule has 1 unspecified atom stereocenters. The zero-order valence-corrected chi connectivity index (χ0v) is 10.9. The van der Waals surface area contributed by atoms with E-state index in [9.17, 15) is 5.02 Å². The fourth-order valence-electron chi connectivity index (χ4n) is 2.60. The van der Waals surface area contributed by atoms with E-state index in [0.29, 0.717) is 12.1 Å². The Labute approximate surface area is 104 Å². The highest BCUT2D eigenvalue weighted by molar-refractivity contribution is 6.61. The lowest BCUT2D eigenvalue weighted by molar-refractivity contribution is -0.0228. The molecule has 0 aliphatic carbocycles. The monoisotopic (exact) mass is 233 g/mol. The molecule has 4 heteroatoms. The number of rotatable bonds is 3. The lowest BCUT2D eigenvalue weighted by atomic mass is 9.79. The van der Waals surface area contributed by atoms with Crippen LogP contribution >= 0.6 is 0 Å². The predicted octanol–water partition coefficient (Wildman–Crippen LogP) is 1.52. The zero-order valence-electron chi connectivity index (χ0n) is 10.9. The summed E-state index contributed by atoms with van der Waals surface area (Å²) in [5, 5.41) is 9.92. The molecule has 2 rings (SSSR count). The van der Waals surface area contributed by atoms with E-state index >= 15 is 0 Å². The van der Waals surface area contributed by atoms with E-state index in [2.05, 4.69) is 32.6 Å². The summed E-state index contributed by atoms with van der Waals surface area (Å²) in [4.78, 5) is 2.27. The Morgan fingerprint density at radius 2 is 1.76 bits per heavy atom. The van der Waals surface area contributed by atoms with Crippen LogP contribution in [0.4, 0.5) is 0 Å². The summed E-state index contributed by atoms with van der Waals surface area (Å²) in [6.45, 7) is 8.60. The van der Waals surface area contributed by atoms with Gasteiger partial charge >= 0.3 is 7.12 Å². The average Bonchev–Trinajstić information content (AvgIpc) is 2.56. The molecule has 1 aromatic carbocycles. The number of nitrogens with zero attached hydrogens (tertiary/aromatic N) is 1. The minimum absolute atomic E-state index is 0.138. The molecule has 3 nitrogen and oxygen atoms in total. The Bertz CT molecular complexity index is 387. The van der Waals surface area contributed by atoms with E-state index in [-0.39, 0.29) is 6.23 Å². The van der Waals surface area contributed by atoms with Crippen molar-refractivity contribution >= 4 is 12.6 Å². The molecule has 0 bridgehead atoms. The van der Waals surface area contributed by atoms with Gasteiger partial charge in [-0.3, -0.25) is 4.90 Å². The molecular formula is C13H20BNO2. The molecular weight excluding hydrogens is 213 g/mol. The maximum atomic E-state index is 9.92. The van der Waals surface area contributed by atoms with Gasteiger partial charge in [-0.2, -0.15) is 0 Å². The molecule has 0 amide bonds. The second kappa shape index (κ2) is 4.80. The predicted molar refractivity (Wildman–Crippen MR) is 70.0 cm³/mol. The highest BCUT2D eigenvalue weighted by Gasteiger charge is 2.39. The molecule has 0 spiro atoms. The van der Waals surface area contributed by atoms with E-state index in [4.69, 9.17) is 4.65 Å². The van der Waals surface area contributed by atoms with Gasteiger partial charge in [0.1, 0.15) is 6.23 Å². The van der Waals surface area contributed by atoms with Gasteiger partial charge in [-0.05, 0) is 38.7 Å². The van der Waals surface area contributed by atoms with Crippen LogP contribution in [0, 0.1) is 0 Å². The molecule has 1 heterocycles. The second-order valence-electron chi connectivity index (χ2n) is 5.10. The van der Waals surface area contributed by atoms with Crippen molar-refractivity contribution in [3.63, 3.8) is 0 Å². The van der Waals surface area contributed by atoms with E-state index in [1.54, 1.807) is 0 Å². The molecule has 17 heavy (non-hydrogen) atoms. The Hall–Kier alpha value is -0.835. The topological polar surface area (TPSA) is 32.7 Å². The molecule has 1 N–H and O–H groups in total. The molecule has 0 radical (unpaired) electrons. The van der Waals surface area contributed by atoms with Crippen LogP contribution in [0.15, 0.2) is 24.3 Å². The fourth-order valence-corrected chi connectivity index (χ4v) is 2.60. The van der Waals surface area contributed by atoms with Crippen molar-refractivity contribution in [1.82, 2.24) is 4.90 Å². The number of hydrogen-bond acceptors (Lipinski definition) is 3. The number of benzene rings is 1. The molecule has 1 aliphatic heterocycles. The smallest absolute Gasteiger partial charge is 0.423 e. The molecule has 92 valence electrons. The Morgan fingerprint density at radius 1 is 1.18 bits per heavy atom. The quantitative estimate of drug-likeness (QED) is 0.803. The van der Waals surface area contributed by atoms with Crippen molar-refractivity contribution in [2.45, 2.75) is 46.0 Å². The van der Waals surface area contributed by atoms with Gasteiger partial charge < -0.3 is 9.68 Å². The maximum Gasteiger partial charge on any atom is 0.492 e. The van der Waals surface area contributed by atoms with Crippen LogP contribution in [-0.4, -0.2) is 29.1 Å². The van der Waals surface area contributed by atoms with Gasteiger partial charge in [-0.15, -0.1) is 0 Å². The van der Waals surface area contributed by atoms with Crippen LogP contribution in [0.1, 0.15) is 39.5 Å². The summed E-state index contributed by atoms with van der Waals surface area (Å²) in [5.41, 5.74) is 1.98. The van der Waals surface area contributed by atoms with Gasteiger partial charge in [0.05, 0.1) is 0 Å². The van der Waals surface area contributed by atoms with Crippen LogP contribution in [0.2, 0.25) is 0 Å². The van der Waals surface area contributed by atoms with E-state index < -0.39 is 7.12 Å². The Balaban J connectivity index is 2.35. The van der Waals surface area contributed by atoms with Crippen molar-refractivity contribution in [3.8, 4) is 0 Å². The first-order chi connectivity index (χ1) is 8.02. The van der Waals surface area contributed by atoms with Crippen LogP contribution in [0.25, 0.3) is 0 Å². The van der Waals surface area contributed by atoms with Crippen LogP contribution in [0.5, 0.6) is 0 Å². The van der Waals surface area contributed by atoms with E-state index in [0.717, 1.165) is 11.0 Å². The summed E-state index contributed by atoms with van der Waals surface area (Å²) in [6, 6.07) is 8.64. The highest BCUT2D eigenvalue weighted by Crippen LogP contribution is 2.30. The number of fused-ring (bicyclic) bond motifs is 1. The van der Waals surface area contributed by atoms with Gasteiger partial charge in [0.2, 0.25) is 0 Å². The molecule has 0 saturated heterocycles. The lowest BCUT2D eigenvalue weighted by Gasteiger charge is -2.36. The highest BCUT2D eigenvalue weighted by atomic mass is 16.5. The normalized spacial score (nSPS) is 19.5.